The number of benzene rings is 1. The molecule has 11 heteroatoms. The number of amides is 2. The number of carbonyl (C=O) groups is 2. The van der Waals surface area contributed by atoms with Crippen LogP contribution in [0.25, 0.3) is 0 Å². The van der Waals surface area contributed by atoms with Crippen LogP contribution < -0.4 is 5.32 Å². The lowest BCUT2D eigenvalue weighted by molar-refractivity contribution is -0.137. The quantitative estimate of drug-likeness (QED) is 0.580. The molecule has 8 nitrogen and oxygen atoms in total. The van der Waals surface area contributed by atoms with Crippen LogP contribution in [0, 0.1) is 0 Å². The minimum absolute atomic E-state index is 0.0287. The fourth-order valence-electron chi connectivity index (χ4n) is 5.03. The van der Waals surface area contributed by atoms with E-state index in [1.54, 1.807) is 29.6 Å². The van der Waals surface area contributed by atoms with Crippen LogP contribution in [0.1, 0.15) is 75.8 Å². The summed E-state index contributed by atoms with van der Waals surface area (Å²) in [5.74, 6) is -0.316. The molecule has 2 fully saturated rings. The smallest absolute Gasteiger partial charge is 0.416 e. The fourth-order valence-corrected chi connectivity index (χ4v) is 5.03. The number of alkyl halides is 3. The third-order valence-electron chi connectivity index (χ3n) is 7.44. The second-order valence-electron chi connectivity index (χ2n) is 12.1. The lowest BCUT2D eigenvalue weighted by atomic mass is 10.0. The number of rotatable bonds is 5. The first-order valence-corrected chi connectivity index (χ1v) is 12.9. The maximum atomic E-state index is 13.5. The summed E-state index contributed by atoms with van der Waals surface area (Å²) in [6, 6.07) is 3.71. The van der Waals surface area contributed by atoms with Crippen molar-refractivity contribution in [1.29, 1.82) is 0 Å². The van der Waals surface area contributed by atoms with Crippen LogP contribution in [0.15, 0.2) is 24.4 Å². The highest BCUT2D eigenvalue weighted by Gasteiger charge is 2.42. The molecule has 1 aromatic carbocycles. The average Bonchev–Trinajstić information content (AvgIpc) is 3.40. The number of hydrogen-bond acceptors (Lipinski definition) is 5. The van der Waals surface area contributed by atoms with Crippen LogP contribution in [0.4, 0.5) is 23.7 Å². The number of anilines is 1. The van der Waals surface area contributed by atoms with Crippen LogP contribution >= 0.6 is 0 Å². The van der Waals surface area contributed by atoms with Gasteiger partial charge >= 0.3 is 12.3 Å². The van der Waals surface area contributed by atoms with Crippen LogP contribution in [0.2, 0.25) is 0 Å². The summed E-state index contributed by atoms with van der Waals surface area (Å²) in [4.78, 5) is 29.7. The van der Waals surface area contributed by atoms with Crippen molar-refractivity contribution in [2.75, 3.05) is 18.4 Å². The average molecular weight is 534 g/mol. The van der Waals surface area contributed by atoms with Crippen molar-refractivity contribution in [2.45, 2.75) is 89.8 Å². The van der Waals surface area contributed by atoms with Gasteiger partial charge in [0.25, 0.3) is 5.91 Å². The van der Waals surface area contributed by atoms with Crippen LogP contribution in [-0.2, 0) is 34.3 Å². The molecule has 2 amide bonds. The summed E-state index contributed by atoms with van der Waals surface area (Å²) in [5.41, 5.74) is 0.575. The van der Waals surface area contributed by atoms with Crippen LogP contribution in [-0.4, -0.2) is 56.3 Å². The maximum Gasteiger partial charge on any atom is 0.416 e. The van der Waals surface area contributed by atoms with Gasteiger partial charge in [-0.2, -0.15) is 18.3 Å². The van der Waals surface area contributed by atoms with Crippen molar-refractivity contribution in [2.24, 2.45) is 0 Å². The fraction of sp³-hybridized carbons (Fsp3) is 0.593. The molecule has 5 rings (SSSR count). The SMILES string of the molecule is CC(C)(C)OC(=O)N1CC(N2Cc3cnn(C(C)(C)C(=O)Nc4ccc(C(F)(F)F)cc4C4CC4)c3C2)C1. The Bertz CT molecular complexity index is 1250. The van der Waals surface area contributed by atoms with Crippen molar-refractivity contribution >= 4 is 17.7 Å². The molecule has 0 spiro atoms. The van der Waals surface area contributed by atoms with Crippen LogP contribution in [0.5, 0.6) is 0 Å². The molecule has 1 saturated heterocycles. The van der Waals surface area contributed by atoms with E-state index in [0.29, 0.717) is 37.4 Å². The molecule has 0 radical (unpaired) electrons. The normalized spacial score (nSPS) is 18.8. The summed E-state index contributed by atoms with van der Waals surface area (Å²) in [7, 11) is 0. The first-order valence-electron chi connectivity index (χ1n) is 12.9. The van der Waals surface area contributed by atoms with Crippen LogP contribution in [0.3, 0.4) is 0 Å². The van der Waals surface area contributed by atoms with E-state index in [-0.39, 0.29) is 24.0 Å². The number of hydrogen-bond donors (Lipinski definition) is 1. The number of nitrogens with zero attached hydrogens (tertiary/aromatic N) is 4. The van der Waals surface area contributed by atoms with Gasteiger partial charge in [-0.05, 0) is 77.1 Å². The molecule has 1 saturated carbocycles. The first kappa shape index (κ1) is 26.5. The molecule has 38 heavy (non-hydrogen) atoms. The predicted molar refractivity (Wildman–Crippen MR) is 134 cm³/mol. The largest absolute Gasteiger partial charge is 0.444 e. The summed E-state index contributed by atoms with van der Waals surface area (Å²) < 4.78 is 46.9. The Morgan fingerprint density at radius 3 is 2.34 bits per heavy atom. The van der Waals surface area contributed by atoms with Gasteiger partial charge in [0, 0.05) is 43.5 Å². The molecule has 0 bridgehead atoms. The maximum absolute atomic E-state index is 13.5. The van der Waals surface area contributed by atoms with Crippen molar-refractivity contribution in [3.63, 3.8) is 0 Å². The van der Waals surface area contributed by atoms with Crippen molar-refractivity contribution < 1.29 is 27.5 Å². The molecule has 0 unspecified atom stereocenters. The van der Waals surface area contributed by atoms with Gasteiger partial charge in [0.05, 0.1) is 17.5 Å². The Balaban J connectivity index is 1.26. The Hall–Kier alpha value is -3.08. The van der Waals surface area contributed by atoms with E-state index in [0.717, 1.165) is 36.2 Å². The van der Waals surface area contributed by atoms with E-state index in [9.17, 15) is 22.8 Å². The highest BCUT2D eigenvalue weighted by atomic mass is 19.4. The third-order valence-corrected chi connectivity index (χ3v) is 7.44. The topological polar surface area (TPSA) is 79.7 Å². The molecule has 3 aliphatic rings. The van der Waals surface area contributed by atoms with Gasteiger partial charge in [0.2, 0.25) is 0 Å². The summed E-state index contributed by atoms with van der Waals surface area (Å²) in [6.07, 6.45) is -1.37. The minimum atomic E-state index is -4.43. The number of halogens is 3. The molecular weight excluding hydrogens is 499 g/mol. The van der Waals surface area contributed by atoms with Gasteiger partial charge in [-0.15, -0.1) is 0 Å². The molecule has 0 atom stereocenters. The van der Waals surface area contributed by atoms with Gasteiger partial charge in [-0.3, -0.25) is 14.4 Å². The van der Waals surface area contributed by atoms with E-state index in [2.05, 4.69) is 15.3 Å². The zero-order chi connectivity index (χ0) is 27.6. The number of ether oxygens (including phenoxy) is 1. The minimum Gasteiger partial charge on any atom is -0.444 e. The summed E-state index contributed by atoms with van der Waals surface area (Å²) in [6.45, 7) is 11.5. The molecule has 1 aliphatic carbocycles. The molecule has 2 aliphatic heterocycles. The Morgan fingerprint density at radius 2 is 1.74 bits per heavy atom. The van der Waals surface area contributed by atoms with Crippen molar-refractivity contribution in [1.82, 2.24) is 19.6 Å². The van der Waals surface area contributed by atoms with E-state index in [1.165, 1.54) is 6.07 Å². The Labute approximate surface area is 220 Å². The lowest BCUT2D eigenvalue weighted by Gasteiger charge is -2.44. The highest BCUT2D eigenvalue weighted by molar-refractivity contribution is 5.97. The van der Waals surface area contributed by atoms with E-state index in [4.69, 9.17) is 4.74 Å². The number of fused-ring (bicyclic) bond motifs is 1. The first-order chi connectivity index (χ1) is 17.6. The monoisotopic (exact) mass is 533 g/mol. The Morgan fingerprint density at radius 1 is 1.05 bits per heavy atom. The standard InChI is InChI=1S/C27H34F3N5O3/c1-25(2,3)38-24(37)34-13-19(14-34)33-12-17-11-31-35(22(17)15-33)26(4,5)23(36)32-21-9-8-18(27(28,29)30)10-20(21)16-6-7-16/h8-11,16,19H,6-7,12-15H2,1-5H3,(H,32,36). The van der Waals surface area contributed by atoms with Gasteiger partial charge in [0.15, 0.2) is 0 Å². The zero-order valence-corrected chi connectivity index (χ0v) is 22.4. The second kappa shape index (κ2) is 9.00. The third kappa shape index (κ3) is 5.12. The van der Waals surface area contributed by atoms with Gasteiger partial charge in [-0.25, -0.2) is 4.79 Å². The summed E-state index contributed by atoms with van der Waals surface area (Å²) in [5, 5.41) is 7.39. The molecule has 2 aromatic rings. The number of likely N-dealkylation sites (tertiary alicyclic amines) is 1. The highest BCUT2D eigenvalue weighted by Crippen LogP contribution is 2.45. The van der Waals surface area contributed by atoms with E-state index < -0.39 is 22.9 Å². The number of aromatic nitrogens is 2. The van der Waals surface area contributed by atoms with Crippen molar-refractivity contribution in [3.05, 3.63) is 46.8 Å². The predicted octanol–water partition coefficient (Wildman–Crippen LogP) is 5.09. The van der Waals surface area contributed by atoms with Gasteiger partial charge < -0.3 is 15.0 Å². The van der Waals surface area contributed by atoms with Gasteiger partial charge in [-0.1, -0.05) is 0 Å². The van der Waals surface area contributed by atoms with Gasteiger partial charge in [0.1, 0.15) is 11.1 Å². The van der Waals surface area contributed by atoms with Crippen molar-refractivity contribution in [3.8, 4) is 0 Å². The molecule has 1 N–H and O–H groups in total. The second-order valence-corrected chi connectivity index (χ2v) is 12.1. The molecule has 1 aromatic heterocycles. The number of carbonyl (C=O) groups excluding carboxylic acids is 2. The molecule has 3 heterocycles. The lowest BCUT2D eigenvalue weighted by Crippen LogP contribution is -2.60. The molecular formula is C27H34F3N5O3. The molecule has 206 valence electrons. The zero-order valence-electron chi connectivity index (χ0n) is 22.4. The Kier molecular flexibility index (Phi) is 6.28. The van der Waals surface area contributed by atoms with E-state index in [1.807, 2.05) is 20.8 Å². The number of nitrogens with one attached hydrogen (secondary N) is 1. The van der Waals surface area contributed by atoms with E-state index >= 15 is 0 Å². The summed E-state index contributed by atoms with van der Waals surface area (Å²) >= 11 is 0.